The lowest BCUT2D eigenvalue weighted by Crippen LogP contribution is -1.96. The number of aromatic nitrogens is 2. The average Bonchev–Trinajstić information content (AvgIpc) is 3.53. The van der Waals surface area contributed by atoms with Crippen molar-refractivity contribution >= 4 is 49.3 Å². The van der Waals surface area contributed by atoms with Crippen LogP contribution in [-0.4, -0.2) is 9.13 Å². The van der Waals surface area contributed by atoms with Crippen LogP contribution in [0.1, 0.15) is 5.56 Å². The number of nitrogens with zero attached hydrogens (tertiary/aromatic N) is 3. The first-order valence-corrected chi connectivity index (χ1v) is 13.8. The fourth-order valence-electron chi connectivity index (χ4n) is 6.38. The van der Waals surface area contributed by atoms with Crippen LogP contribution in [0.5, 0.6) is 0 Å². The maximum Gasteiger partial charge on any atom is 0.187 e. The smallest absolute Gasteiger partial charge is 0.187 e. The molecule has 0 spiro atoms. The molecule has 0 radical (unpaired) electrons. The van der Waals surface area contributed by atoms with Crippen molar-refractivity contribution in [3.05, 3.63) is 150 Å². The van der Waals surface area contributed by atoms with E-state index in [0.717, 1.165) is 28.0 Å². The average molecular weight is 524 g/mol. The Morgan fingerprint density at radius 2 is 1.10 bits per heavy atom. The number of rotatable bonds is 3. The molecule has 2 aromatic heterocycles. The molecule has 8 rings (SSSR count). The summed E-state index contributed by atoms with van der Waals surface area (Å²) in [6.07, 6.45) is 0. The second kappa shape index (κ2) is 8.98. The Bertz CT molecular complexity index is 2330. The standard InChI is InChI=1S/C38H25N3/c1-25-22-28(39-2)18-21-34(25)41-36-15-9-7-13-31(36)33-23-26(17-20-37(33)41)27-16-19-32-30-12-6-8-14-35(30)40(38(32)24-27)29-10-4-3-5-11-29/h3-24H,1H3. The highest BCUT2D eigenvalue weighted by Gasteiger charge is 2.16. The van der Waals surface area contributed by atoms with Crippen LogP contribution in [0, 0.1) is 13.5 Å². The summed E-state index contributed by atoms with van der Waals surface area (Å²) < 4.78 is 4.70. The topological polar surface area (TPSA) is 14.2 Å². The highest BCUT2D eigenvalue weighted by Crippen LogP contribution is 2.38. The molecule has 0 unspecified atom stereocenters. The molecule has 0 amide bonds. The highest BCUT2D eigenvalue weighted by molar-refractivity contribution is 6.12. The maximum atomic E-state index is 7.41. The molecule has 0 saturated carbocycles. The van der Waals surface area contributed by atoms with Crippen LogP contribution in [0.4, 0.5) is 5.69 Å². The van der Waals surface area contributed by atoms with Gasteiger partial charge in [-0.2, -0.15) is 0 Å². The molecular weight excluding hydrogens is 498 g/mol. The van der Waals surface area contributed by atoms with Crippen LogP contribution in [-0.2, 0) is 0 Å². The van der Waals surface area contributed by atoms with Crippen LogP contribution in [0.25, 0.3) is 71.0 Å². The van der Waals surface area contributed by atoms with Crippen LogP contribution < -0.4 is 0 Å². The molecule has 6 aromatic carbocycles. The molecule has 0 fully saturated rings. The minimum atomic E-state index is 0.664. The molecule has 0 bridgehead atoms. The fraction of sp³-hybridized carbons (Fsp3) is 0.0263. The van der Waals surface area contributed by atoms with Crippen molar-refractivity contribution in [2.75, 3.05) is 0 Å². The van der Waals surface area contributed by atoms with Gasteiger partial charge in [0.2, 0.25) is 0 Å². The molecule has 3 nitrogen and oxygen atoms in total. The van der Waals surface area contributed by atoms with E-state index in [1.54, 1.807) is 0 Å². The first-order chi connectivity index (χ1) is 20.2. The van der Waals surface area contributed by atoms with E-state index in [0.29, 0.717) is 5.69 Å². The maximum absolute atomic E-state index is 7.41. The molecule has 41 heavy (non-hydrogen) atoms. The largest absolute Gasteiger partial charge is 0.309 e. The van der Waals surface area contributed by atoms with Gasteiger partial charge >= 0.3 is 0 Å². The monoisotopic (exact) mass is 523 g/mol. The minimum absolute atomic E-state index is 0.664. The van der Waals surface area contributed by atoms with E-state index in [4.69, 9.17) is 6.57 Å². The third kappa shape index (κ3) is 3.51. The first-order valence-electron chi connectivity index (χ1n) is 13.8. The van der Waals surface area contributed by atoms with Gasteiger partial charge in [-0.25, -0.2) is 4.85 Å². The van der Waals surface area contributed by atoms with Crippen LogP contribution in [0.3, 0.4) is 0 Å². The molecule has 0 aliphatic heterocycles. The van der Waals surface area contributed by atoms with Gasteiger partial charge in [0, 0.05) is 32.9 Å². The molecule has 0 aliphatic carbocycles. The lowest BCUT2D eigenvalue weighted by molar-refractivity contribution is 1.15. The summed E-state index contributed by atoms with van der Waals surface area (Å²) in [4.78, 5) is 3.62. The van der Waals surface area contributed by atoms with Gasteiger partial charge in [0.15, 0.2) is 5.69 Å². The predicted octanol–water partition coefficient (Wildman–Crippen LogP) is 10.4. The van der Waals surface area contributed by atoms with Gasteiger partial charge in [-0.3, -0.25) is 0 Å². The number of fused-ring (bicyclic) bond motifs is 6. The second-order valence-electron chi connectivity index (χ2n) is 10.6. The Morgan fingerprint density at radius 3 is 1.85 bits per heavy atom. The Kier molecular flexibility index (Phi) is 5.10. The van der Waals surface area contributed by atoms with Crippen molar-refractivity contribution in [2.45, 2.75) is 6.92 Å². The van der Waals surface area contributed by atoms with Gasteiger partial charge in [-0.05, 0) is 72.1 Å². The Morgan fingerprint density at radius 1 is 0.488 bits per heavy atom. The van der Waals surface area contributed by atoms with Gasteiger partial charge in [-0.15, -0.1) is 0 Å². The number of aryl methyl sites for hydroxylation is 1. The molecule has 3 heteroatoms. The van der Waals surface area contributed by atoms with E-state index in [2.05, 4.69) is 142 Å². The van der Waals surface area contributed by atoms with Gasteiger partial charge < -0.3 is 9.13 Å². The third-order valence-electron chi connectivity index (χ3n) is 8.24. The lowest BCUT2D eigenvalue weighted by Gasteiger charge is -2.12. The number of benzene rings is 6. The number of hydrogen-bond acceptors (Lipinski definition) is 0. The fourth-order valence-corrected chi connectivity index (χ4v) is 6.38. The van der Waals surface area contributed by atoms with Crippen molar-refractivity contribution < 1.29 is 0 Å². The normalized spacial score (nSPS) is 11.5. The van der Waals surface area contributed by atoms with E-state index >= 15 is 0 Å². The summed E-state index contributed by atoms with van der Waals surface area (Å²) in [5.74, 6) is 0. The predicted molar refractivity (Wildman–Crippen MR) is 172 cm³/mol. The van der Waals surface area contributed by atoms with Crippen molar-refractivity contribution in [3.63, 3.8) is 0 Å². The van der Waals surface area contributed by atoms with Gasteiger partial charge in [-0.1, -0.05) is 84.9 Å². The molecule has 192 valence electrons. The minimum Gasteiger partial charge on any atom is -0.309 e. The summed E-state index contributed by atoms with van der Waals surface area (Å²) in [7, 11) is 0. The summed E-state index contributed by atoms with van der Waals surface area (Å²) in [5.41, 5.74) is 11.1. The third-order valence-corrected chi connectivity index (χ3v) is 8.24. The van der Waals surface area contributed by atoms with Crippen LogP contribution in [0.15, 0.2) is 133 Å². The van der Waals surface area contributed by atoms with Gasteiger partial charge in [0.05, 0.1) is 28.6 Å². The summed E-state index contributed by atoms with van der Waals surface area (Å²) in [6.45, 7) is 9.50. The van der Waals surface area contributed by atoms with E-state index in [1.807, 2.05) is 12.1 Å². The Labute approximate surface area is 238 Å². The zero-order valence-corrected chi connectivity index (χ0v) is 22.5. The van der Waals surface area contributed by atoms with Crippen molar-refractivity contribution in [1.82, 2.24) is 9.13 Å². The van der Waals surface area contributed by atoms with E-state index in [-0.39, 0.29) is 0 Å². The zero-order chi connectivity index (χ0) is 27.5. The molecule has 0 aliphatic rings. The lowest BCUT2D eigenvalue weighted by atomic mass is 10.0. The molecule has 0 N–H and O–H groups in total. The summed E-state index contributed by atoms with van der Waals surface area (Å²) in [6, 6.07) is 47.4. The van der Waals surface area contributed by atoms with Gasteiger partial charge in [0.1, 0.15) is 0 Å². The van der Waals surface area contributed by atoms with Crippen molar-refractivity contribution in [3.8, 4) is 22.5 Å². The Hall–Kier alpha value is -5.59. The van der Waals surface area contributed by atoms with E-state index in [1.165, 1.54) is 43.7 Å². The second-order valence-corrected chi connectivity index (χ2v) is 10.6. The number of para-hydroxylation sites is 3. The quantitative estimate of drug-likeness (QED) is 0.205. The van der Waals surface area contributed by atoms with Crippen molar-refractivity contribution in [2.24, 2.45) is 0 Å². The summed E-state index contributed by atoms with van der Waals surface area (Å²) in [5, 5.41) is 4.95. The summed E-state index contributed by atoms with van der Waals surface area (Å²) >= 11 is 0. The SMILES string of the molecule is [C-]#[N+]c1ccc(-n2c3ccccc3c3cc(-c4ccc5c6ccccc6n(-c6ccccc6)c5c4)ccc32)c(C)c1. The van der Waals surface area contributed by atoms with Gasteiger partial charge in [0.25, 0.3) is 0 Å². The molecule has 0 atom stereocenters. The van der Waals surface area contributed by atoms with E-state index < -0.39 is 0 Å². The van der Waals surface area contributed by atoms with Crippen LogP contribution >= 0.6 is 0 Å². The molecule has 2 heterocycles. The zero-order valence-electron chi connectivity index (χ0n) is 22.5. The number of hydrogen-bond donors (Lipinski definition) is 0. The highest BCUT2D eigenvalue weighted by atomic mass is 15.0. The molecule has 8 aromatic rings. The molecular formula is C38H25N3. The van der Waals surface area contributed by atoms with Crippen LogP contribution in [0.2, 0.25) is 0 Å². The molecule has 0 saturated heterocycles. The first kappa shape index (κ1) is 23.3. The van der Waals surface area contributed by atoms with E-state index in [9.17, 15) is 0 Å². The van der Waals surface area contributed by atoms with Crippen molar-refractivity contribution in [1.29, 1.82) is 0 Å². The Balaban J connectivity index is 1.36.